The summed E-state index contributed by atoms with van der Waals surface area (Å²) >= 11 is 4.74. The third kappa shape index (κ3) is 22.1. The number of hydrogen-bond donors (Lipinski definition) is 0. The van der Waals surface area contributed by atoms with Crippen molar-refractivity contribution >= 4 is 40.0 Å². The minimum Gasteiger partial charge on any atom is 0 e. The summed E-state index contributed by atoms with van der Waals surface area (Å²) < 4.78 is 71.2. The summed E-state index contributed by atoms with van der Waals surface area (Å²) in [5.41, 5.74) is 2.88. The fourth-order valence-corrected chi connectivity index (χ4v) is 6.19. The second kappa shape index (κ2) is 38.7. The number of nitrogens with zero attached hydrogens (tertiary/aromatic N) is 4. The van der Waals surface area contributed by atoms with E-state index in [-0.39, 0.29) is 67.4 Å². The van der Waals surface area contributed by atoms with Crippen LogP contribution in [-0.4, -0.2) is 181 Å². The Morgan fingerprint density at radius 3 is 1.27 bits per heavy atom. The van der Waals surface area contributed by atoms with Gasteiger partial charge in [-0.1, -0.05) is 6.92 Å². The molecular formula is C38H68I2N4O13V2. The molecule has 1 radical (unpaired) electrons. The van der Waals surface area contributed by atoms with Gasteiger partial charge in [-0.05, 0) is 6.42 Å². The zero-order valence-electron chi connectivity index (χ0n) is 37.1. The van der Waals surface area contributed by atoms with Crippen molar-refractivity contribution in [2.45, 2.75) is 87.2 Å². The average molecular weight is 1140 g/mol. The largest absolute Gasteiger partial charge is 0 e. The molecule has 0 spiro atoms. The van der Waals surface area contributed by atoms with E-state index in [9.17, 15) is 0 Å². The van der Waals surface area contributed by atoms with Crippen LogP contribution >= 0.6 is 40.0 Å². The molecule has 2 aromatic rings. The van der Waals surface area contributed by atoms with Gasteiger partial charge in [-0.2, -0.15) is 0 Å². The van der Waals surface area contributed by atoms with Crippen molar-refractivity contribution in [1.29, 1.82) is 0 Å². The molecule has 0 fully saturated rings. The van der Waals surface area contributed by atoms with Gasteiger partial charge in [0.1, 0.15) is 42.7 Å². The fraction of sp³-hybridized carbons (Fsp3) is 0.789. The molecular weight excluding hydrogens is 1080 g/mol. The van der Waals surface area contributed by atoms with Gasteiger partial charge in [-0.15, -0.1) is 0 Å². The first-order chi connectivity index (χ1) is 28.1. The predicted molar refractivity (Wildman–Crippen MR) is 231 cm³/mol. The molecule has 2 heterocycles. The summed E-state index contributed by atoms with van der Waals surface area (Å²) in [6.45, 7) is 3.26. The number of halogens is 2. The van der Waals surface area contributed by atoms with Gasteiger partial charge in [0.05, 0.1) is 73.3 Å². The van der Waals surface area contributed by atoms with Crippen molar-refractivity contribution in [3.63, 3.8) is 0 Å². The van der Waals surface area contributed by atoms with Gasteiger partial charge in [-0.3, -0.25) is 19.9 Å². The molecule has 21 heteroatoms. The minimum atomic E-state index is -0.476. The molecule has 0 saturated heterocycles. The Balaban J connectivity index is 0. The van der Waals surface area contributed by atoms with Gasteiger partial charge in [0.2, 0.25) is 0 Å². The number of rotatable bonds is 29. The van der Waals surface area contributed by atoms with Crippen molar-refractivity contribution in [3.05, 3.63) is 47.6 Å². The zero-order valence-corrected chi connectivity index (χ0v) is 44.2. The average Bonchev–Trinajstić information content (AvgIpc) is 3.25. The first-order valence-corrected chi connectivity index (χ1v) is 27.4. The summed E-state index contributed by atoms with van der Waals surface area (Å²) in [7, 11) is 21.8. The number of methoxy groups -OCH3 is 13. The Labute approximate surface area is 393 Å². The molecule has 10 atom stereocenters. The van der Waals surface area contributed by atoms with Crippen LogP contribution < -0.4 is 0 Å². The molecule has 0 aromatic carbocycles. The van der Waals surface area contributed by atoms with E-state index in [2.05, 4.69) is 54.9 Å². The topological polar surface area (TPSA) is 172 Å². The van der Waals surface area contributed by atoms with E-state index in [1.807, 2.05) is 6.92 Å². The Morgan fingerprint density at radius 1 is 0.475 bits per heavy atom. The molecule has 0 aliphatic carbocycles. The van der Waals surface area contributed by atoms with Gasteiger partial charge in [0, 0.05) is 136 Å². The molecule has 0 aliphatic heterocycles. The normalized spacial score (nSPS) is 16.3. The van der Waals surface area contributed by atoms with Crippen molar-refractivity contribution in [3.8, 4) is 0 Å². The van der Waals surface area contributed by atoms with Gasteiger partial charge < -0.3 is 61.6 Å². The summed E-state index contributed by atoms with van der Waals surface area (Å²) in [5.74, 6) is 0. The third-order valence-electron chi connectivity index (χ3n) is 9.25. The van der Waals surface area contributed by atoms with Crippen LogP contribution in [0.3, 0.4) is 0 Å². The minimum absolute atomic E-state index is 0. The van der Waals surface area contributed by atoms with Gasteiger partial charge >= 0.3 is 49.4 Å². The first-order valence-electron chi connectivity index (χ1n) is 18.4. The molecule has 0 N–H and O–H groups in total. The van der Waals surface area contributed by atoms with Crippen LogP contribution in [0.5, 0.6) is 0 Å². The van der Waals surface area contributed by atoms with Crippen LogP contribution in [0.15, 0.2) is 24.8 Å². The third-order valence-corrected chi connectivity index (χ3v) is 9.25. The Morgan fingerprint density at radius 2 is 0.898 bits per heavy atom. The van der Waals surface area contributed by atoms with Crippen molar-refractivity contribution < 1.29 is 89.6 Å². The van der Waals surface area contributed by atoms with Gasteiger partial charge in [0.15, 0.2) is 0 Å². The van der Waals surface area contributed by atoms with E-state index >= 15 is 0 Å². The molecule has 17 nitrogen and oxygen atoms in total. The van der Waals surface area contributed by atoms with E-state index in [0.29, 0.717) is 53.5 Å². The van der Waals surface area contributed by atoms with E-state index in [1.165, 1.54) is 0 Å². The Hall–Kier alpha value is 0.269. The maximum absolute atomic E-state index is 5.67. The van der Waals surface area contributed by atoms with Crippen LogP contribution in [0.2, 0.25) is 0 Å². The van der Waals surface area contributed by atoms with Crippen molar-refractivity contribution in [2.24, 2.45) is 0 Å². The summed E-state index contributed by atoms with van der Waals surface area (Å²) in [5, 5.41) is 0. The molecule has 342 valence electrons. The fourth-order valence-electron chi connectivity index (χ4n) is 6.19. The zero-order chi connectivity index (χ0) is 43.9. The second-order valence-electron chi connectivity index (χ2n) is 12.5. The molecule has 0 bridgehead atoms. The van der Waals surface area contributed by atoms with Crippen LogP contribution in [0.1, 0.15) is 48.3 Å². The monoisotopic (exact) mass is 1140 g/mol. The van der Waals surface area contributed by atoms with Gasteiger partial charge in [-0.25, -0.2) is 0 Å². The molecule has 2 rings (SSSR count). The predicted octanol–water partition coefficient (Wildman–Crippen LogP) is 4.65. The standard InChI is InChI=1S/C19H34N2O7.C19H34N2O6.2HI.2V/c1-22-11-16(25-4)15(24-3)8-13-9-20-10-14(21-13)18(27-6)19(28-7)17(26-5)12-23-2;1-8-15(23-3)19(27-7)18(26-6)14-11-20-13(10-21-14)9-16(24-4)17(25-5)12-22-2;;;;/h9-10,15-19H,8,11-12H2,1-7H3;10-11,15-19H,8-9,12H2,1-7H3;2*1H;;/q;;;;;+2/p-2. The van der Waals surface area contributed by atoms with E-state index in [1.54, 1.807) is 117 Å². The number of aromatic nitrogens is 4. The SMILES string of the molecule is CCC(OC)C(OC)C(OC)c1cnc(CC(OC)C(COC)OC)cn1.COCC(OC)C(Cc1cncc(C(OC)C(OC)C(COC)OC)n1)OC.[I][V][I].[V]. The molecule has 0 aliphatic rings. The number of ether oxygens (including phenoxy) is 13. The van der Waals surface area contributed by atoms with Crippen molar-refractivity contribution in [2.75, 3.05) is 112 Å². The summed E-state index contributed by atoms with van der Waals surface area (Å²) in [6.07, 6.45) is 5.89. The summed E-state index contributed by atoms with van der Waals surface area (Å²) in [4.78, 5) is 18.1. The van der Waals surface area contributed by atoms with Crippen LogP contribution in [0.4, 0.5) is 0 Å². The maximum atomic E-state index is 5.67. The first kappa shape index (κ1) is 61.4. The molecule has 0 amide bonds. The molecule has 0 saturated carbocycles. The van der Waals surface area contributed by atoms with Crippen LogP contribution in [0, 0.1) is 0 Å². The smallest absolute Gasteiger partial charge is 0 e. The Kier molecular flexibility index (Phi) is 40.2. The number of hydrogen-bond acceptors (Lipinski definition) is 17. The quantitative estimate of drug-likeness (QED) is 0.103. The maximum Gasteiger partial charge on any atom is 0 e. The molecule has 10 unspecified atom stereocenters. The van der Waals surface area contributed by atoms with Crippen LogP contribution in [0.25, 0.3) is 0 Å². The Bertz CT molecular complexity index is 1260. The second-order valence-corrected chi connectivity index (χ2v) is 24.3. The molecule has 59 heavy (non-hydrogen) atoms. The van der Waals surface area contributed by atoms with Gasteiger partial charge in [0.25, 0.3) is 0 Å². The summed E-state index contributed by atoms with van der Waals surface area (Å²) in [6, 6.07) is 0. The van der Waals surface area contributed by atoms with E-state index < -0.39 is 12.2 Å². The van der Waals surface area contributed by atoms with E-state index in [0.717, 1.165) is 17.8 Å². The van der Waals surface area contributed by atoms with Crippen LogP contribution in [-0.2, 0) is 102 Å². The van der Waals surface area contributed by atoms with Crippen molar-refractivity contribution in [1.82, 2.24) is 19.9 Å². The van der Waals surface area contributed by atoms with E-state index in [4.69, 9.17) is 66.6 Å². The molecule has 2 aromatic heterocycles.